The standard InChI is InChI=1S/C20H37N5O6/c1-2-3-4-21-18(27)15-23-7-5-22(13-14-26)6-8-24(16-19(28)29)11-12-25(10-9-23)17-20(30)31/h14H,2-13,15-17H2,1H3,(H,21,27)(H,28,29)(H,30,31). The molecule has 1 aliphatic heterocycles. The van der Waals surface area contributed by atoms with E-state index in [0.29, 0.717) is 58.9 Å². The first-order chi connectivity index (χ1) is 14.8. The van der Waals surface area contributed by atoms with Crippen molar-refractivity contribution in [2.24, 2.45) is 0 Å². The van der Waals surface area contributed by atoms with Crippen LogP contribution in [0.25, 0.3) is 0 Å². The molecule has 1 aliphatic rings. The minimum Gasteiger partial charge on any atom is -0.480 e. The zero-order valence-electron chi connectivity index (χ0n) is 18.5. The Hall–Kier alpha value is -2.08. The molecule has 1 heterocycles. The van der Waals surface area contributed by atoms with Crippen LogP contribution in [0.1, 0.15) is 19.8 Å². The molecule has 0 radical (unpaired) electrons. The van der Waals surface area contributed by atoms with Gasteiger partial charge in [0.05, 0.1) is 26.2 Å². The summed E-state index contributed by atoms with van der Waals surface area (Å²) in [5, 5.41) is 21.3. The van der Waals surface area contributed by atoms with Gasteiger partial charge < -0.3 is 20.3 Å². The number of carboxylic acid groups (broad SMARTS) is 2. The largest absolute Gasteiger partial charge is 0.480 e. The molecule has 0 aromatic carbocycles. The van der Waals surface area contributed by atoms with Crippen molar-refractivity contribution in [1.82, 2.24) is 24.9 Å². The molecule has 0 unspecified atom stereocenters. The Bertz CT molecular complexity index is 576. The highest BCUT2D eigenvalue weighted by molar-refractivity contribution is 5.78. The predicted octanol–water partition coefficient (Wildman–Crippen LogP) is -1.51. The van der Waals surface area contributed by atoms with Crippen molar-refractivity contribution in [2.75, 3.05) is 85.1 Å². The number of carbonyl (C=O) groups is 4. The molecule has 1 rings (SSSR count). The number of rotatable bonds is 11. The van der Waals surface area contributed by atoms with E-state index in [4.69, 9.17) is 5.11 Å². The van der Waals surface area contributed by atoms with Crippen LogP contribution in [0.4, 0.5) is 0 Å². The third-order valence-electron chi connectivity index (χ3n) is 5.20. The second-order valence-corrected chi connectivity index (χ2v) is 7.79. The third kappa shape index (κ3) is 13.0. The molecule has 1 fully saturated rings. The van der Waals surface area contributed by atoms with E-state index in [-0.39, 0.29) is 32.1 Å². The van der Waals surface area contributed by atoms with Gasteiger partial charge in [0.2, 0.25) is 5.91 Å². The molecule has 1 saturated heterocycles. The number of aliphatic carboxylic acids is 2. The maximum atomic E-state index is 12.3. The van der Waals surface area contributed by atoms with Gasteiger partial charge in [0, 0.05) is 58.9 Å². The number of hydrogen-bond acceptors (Lipinski definition) is 8. The molecule has 0 aromatic heterocycles. The quantitative estimate of drug-likeness (QED) is 0.256. The maximum absolute atomic E-state index is 12.3. The van der Waals surface area contributed by atoms with Crippen LogP contribution in [0.2, 0.25) is 0 Å². The Labute approximate surface area is 183 Å². The van der Waals surface area contributed by atoms with Crippen LogP contribution in [-0.2, 0) is 19.2 Å². The van der Waals surface area contributed by atoms with Crippen LogP contribution < -0.4 is 5.32 Å². The molecule has 3 N–H and O–H groups in total. The number of nitrogens with one attached hydrogen (secondary N) is 1. The second-order valence-electron chi connectivity index (χ2n) is 7.79. The first-order valence-electron chi connectivity index (χ1n) is 10.9. The monoisotopic (exact) mass is 443 g/mol. The fourth-order valence-corrected chi connectivity index (χ4v) is 3.39. The number of carbonyl (C=O) groups excluding carboxylic acids is 2. The van der Waals surface area contributed by atoms with Crippen LogP contribution in [0.15, 0.2) is 0 Å². The van der Waals surface area contributed by atoms with Crippen LogP contribution in [0.5, 0.6) is 0 Å². The second kappa shape index (κ2) is 15.7. The normalized spacial score (nSPS) is 18.6. The Morgan fingerprint density at radius 3 is 1.58 bits per heavy atom. The van der Waals surface area contributed by atoms with Gasteiger partial charge in [-0.1, -0.05) is 13.3 Å². The Morgan fingerprint density at radius 1 is 0.774 bits per heavy atom. The van der Waals surface area contributed by atoms with Crippen molar-refractivity contribution in [3.8, 4) is 0 Å². The summed E-state index contributed by atoms with van der Waals surface area (Å²) in [6, 6.07) is 0. The lowest BCUT2D eigenvalue weighted by atomic mass is 10.3. The maximum Gasteiger partial charge on any atom is 0.317 e. The summed E-state index contributed by atoms with van der Waals surface area (Å²) in [6.07, 6.45) is 2.73. The molecule has 0 saturated carbocycles. The van der Waals surface area contributed by atoms with E-state index >= 15 is 0 Å². The number of carboxylic acids is 2. The van der Waals surface area contributed by atoms with Crippen molar-refractivity contribution in [1.29, 1.82) is 0 Å². The highest BCUT2D eigenvalue weighted by atomic mass is 16.4. The zero-order chi connectivity index (χ0) is 23.1. The van der Waals surface area contributed by atoms with Gasteiger partial charge in [-0.05, 0) is 6.42 Å². The molecule has 11 heteroatoms. The summed E-state index contributed by atoms with van der Waals surface area (Å²) >= 11 is 0. The third-order valence-corrected chi connectivity index (χ3v) is 5.20. The van der Waals surface area contributed by atoms with Crippen LogP contribution in [-0.4, -0.2) is 139 Å². The van der Waals surface area contributed by atoms with Gasteiger partial charge in [-0.2, -0.15) is 0 Å². The molecular formula is C20H37N5O6. The van der Waals surface area contributed by atoms with E-state index in [1.54, 1.807) is 9.80 Å². The van der Waals surface area contributed by atoms with Gasteiger partial charge in [-0.3, -0.25) is 34.0 Å². The summed E-state index contributed by atoms with van der Waals surface area (Å²) in [5.41, 5.74) is 0. The van der Waals surface area contributed by atoms with Gasteiger partial charge in [0.25, 0.3) is 0 Å². The minimum atomic E-state index is -0.946. The summed E-state index contributed by atoms with van der Waals surface area (Å²) in [6.45, 7) is 6.70. The SMILES string of the molecule is CCCCNC(=O)CN1CCN(CC=O)CCN(CC(=O)O)CCN(CC(=O)O)CC1. The molecule has 31 heavy (non-hydrogen) atoms. The van der Waals surface area contributed by atoms with Gasteiger partial charge in [0.1, 0.15) is 6.29 Å². The highest BCUT2D eigenvalue weighted by Crippen LogP contribution is 2.01. The van der Waals surface area contributed by atoms with Crippen molar-refractivity contribution >= 4 is 24.1 Å². The molecular weight excluding hydrogens is 406 g/mol. The number of nitrogens with zero attached hydrogens (tertiary/aromatic N) is 4. The Kier molecular flexibility index (Phi) is 13.6. The van der Waals surface area contributed by atoms with E-state index < -0.39 is 11.9 Å². The molecule has 0 spiro atoms. The van der Waals surface area contributed by atoms with Crippen molar-refractivity contribution in [2.45, 2.75) is 19.8 Å². The number of aldehydes is 1. The molecule has 0 atom stereocenters. The lowest BCUT2D eigenvalue weighted by molar-refractivity contribution is -0.140. The number of amides is 1. The van der Waals surface area contributed by atoms with Gasteiger partial charge in [-0.15, -0.1) is 0 Å². The molecule has 178 valence electrons. The fourth-order valence-electron chi connectivity index (χ4n) is 3.39. The highest BCUT2D eigenvalue weighted by Gasteiger charge is 2.20. The van der Waals surface area contributed by atoms with Crippen molar-refractivity contribution < 1.29 is 29.4 Å². The topological polar surface area (TPSA) is 134 Å². The average molecular weight is 444 g/mol. The van der Waals surface area contributed by atoms with E-state index in [2.05, 4.69) is 12.2 Å². The molecule has 0 aromatic rings. The number of unbranched alkanes of at least 4 members (excludes halogenated alkanes) is 1. The predicted molar refractivity (Wildman–Crippen MR) is 115 cm³/mol. The van der Waals surface area contributed by atoms with E-state index in [9.17, 15) is 24.3 Å². The molecule has 0 bridgehead atoms. The van der Waals surface area contributed by atoms with Gasteiger partial charge >= 0.3 is 11.9 Å². The van der Waals surface area contributed by atoms with Crippen molar-refractivity contribution in [3.63, 3.8) is 0 Å². The van der Waals surface area contributed by atoms with Crippen molar-refractivity contribution in [3.05, 3.63) is 0 Å². The fraction of sp³-hybridized carbons (Fsp3) is 0.800. The lowest BCUT2D eigenvalue weighted by Crippen LogP contribution is -2.49. The van der Waals surface area contributed by atoms with Gasteiger partial charge in [0.15, 0.2) is 0 Å². The van der Waals surface area contributed by atoms with Gasteiger partial charge in [-0.25, -0.2) is 0 Å². The lowest BCUT2D eigenvalue weighted by Gasteiger charge is -2.32. The summed E-state index contributed by atoms with van der Waals surface area (Å²) < 4.78 is 0. The summed E-state index contributed by atoms with van der Waals surface area (Å²) in [7, 11) is 0. The smallest absolute Gasteiger partial charge is 0.317 e. The summed E-state index contributed by atoms with van der Waals surface area (Å²) in [4.78, 5) is 53.2. The minimum absolute atomic E-state index is 0.0695. The van der Waals surface area contributed by atoms with Crippen LogP contribution in [0, 0.1) is 0 Å². The number of hydrogen-bond donors (Lipinski definition) is 3. The van der Waals surface area contributed by atoms with E-state index in [0.717, 1.165) is 19.1 Å². The first kappa shape index (κ1) is 27.0. The molecule has 0 aliphatic carbocycles. The van der Waals surface area contributed by atoms with Crippen LogP contribution >= 0.6 is 0 Å². The van der Waals surface area contributed by atoms with E-state index in [1.807, 2.05) is 9.80 Å². The van der Waals surface area contributed by atoms with E-state index in [1.165, 1.54) is 0 Å². The van der Waals surface area contributed by atoms with Crippen LogP contribution in [0.3, 0.4) is 0 Å². The molecule has 1 amide bonds. The average Bonchev–Trinajstić information content (AvgIpc) is 2.69. The summed E-state index contributed by atoms with van der Waals surface area (Å²) in [5.74, 6) is -1.96. The first-order valence-corrected chi connectivity index (χ1v) is 10.9. The zero-order valence-corrected chi connectivity index (χ0v) is 18.5. The molecule has 11 nitrogen and oxygen atoms in total. The Balaban J connectivity index is 2.84. The Morgan fingerprint density at radius 2 is 1.19 bits per heavy atom.